The van der Waals surface area contributed by atoms with Crippen LogP contribution in [0.1, 0.15) is 30.9 Å². The van der Waals surface area contributed by atoms with Crippen molar-refractivity contribution in [1.29, 1.82) is 0 Å². The summed E-state index contributed by atoms with van der Waals surface area (Å²) in [5.41, 5.74) is 0. The van der Waals surface area contributed by atoms with E-state index in [0.29, 0.717) is 0 Å². The van der Waals surface area contributed by atoms with Crippen LogP contribution in [0.4, 0.5) is 0 Å². The molecule has 1 rings (SSSR count). The minimum absolute atomic E-state index is 0.208. The van der Waals surface area contributed by atoms with Crippen molar-refractivity contribution in [1.82, 2.24) is 4.98 Å². The molecule has 0 N–H and O–H groups in total. The fourth-order valence-electron chi connectivity index (χ4n) is 0.998. The minimum atomic E-state index is 0.208. The van der Waals surface area contributed by atoms with Crippen molar-refractivity contribution in [3.8, 4) is 0 Å². The highest BCUT2D eigenvalue weighted by molar-refractivity contribution is 7.09. The zero-order valence-electron chi connectivity index (χ0n) is 6.91. The van der Waals surface area contributed by atoms with E-state index in [4.69, 9.17) is 4.74 Å². The Kier molecular flexibility index (Phi) is 3.52. The molecule has 62 valence electrons. The van der Waals surface area contributed by atoms with Gasteiger partial charge in [0.25, 0.3) is 0 Å². The largest absolute Gasteiger partial charge is 0.374 e. The highest BCUT2D eigenvalue weighted by Crippen LogP contribution is 2.23. The van der Waals surface area contributed by atoms with Crippen LogP contribution in [-0.4, -0.2) is 12.1 Å². The normalized spacial score (nSPS) is 13.3. The maximum atomic E-state index is 5.28. The lowest BCUT2D eigenvalue weighted by Crippen LogP contribution is -1.99. The van der Waals surface area contributed by atoms with Crippen molar-refractivity contribution in [2.24, 2.45) is 0 Å². The monoisotopic (exact) mass is 171 g/mol. The Bertz CT molecular complexity index is 186. The highest BCUT2D eigenvalue weighted by Gasteiger charge is 2.10. The molecule has 0 aromatic carbocycles. The van der Waals surface area contributed by atoms with Gasteiger partial charge in [-0.1, -0.05) is 13.3 Å². The van der Waals surface area contributed by atoms with E-state index in [0.717, 1.165) is 17.8 Å². The van der Waals surface area contributed by atoms with Crippen molar-refractivity contribution in [2.75, 3.05) is 7.11 Å². The van der Waals surface area contributed by atoms with E-state index in [9.17, 15) is 0 Å². The lowest BCUT2D eigenvalue weighted by atomic mass is 10.2. The smallest absolute Gasteiger partial charge is 0.121 e. The number of aromatic nitrogens is 1. The van der Waals surface area contributed by atoms with Crippen molar-refractivity contribution >= 4 is 11.3 Å². The van der Waals surface area contributed by atoms with Crippen LogP contribution in [-0.2, 0) is 4.74 Å². The maximum Gasteiger partial charge on any atom is 0.121 e. The molecule has 0 aliphatic heterocycles. The predicted molar refractivity (Wildman–Crippen MR) is 46.8 cm³/mol. The van der Waals surface area contributed by atoms with Gasteiger partial charge in [-0.05, 0) is 6.42 Å². The Labute approximate surface area is 71.2 Å². The molecular weight excluding hydrogens is 158 g/mol. The zero-order chi connectivity index (χ0) is 8.10. The minimum Gasteiger partial charge on any atom is -0.374 e. The average molecular weight is 171 g/mol. The summed E-state index contributed by atoms with van der Waals surface area (Å²) in [4.78, 5) is 4.20. The Morgan fingerprint density at radius 3 is 3.00 bits per heavy atom. The van der Waals surface area contributed by atoms with Crippen molar-refractivity contribution in [3.05, 3.63) is 16.6 Å². The number of thiazole rings is 1. The van der Waals surface area contributed by atoms with E-state index in [1.54, 1.807) is 18.4 Å². The first-order chi connectivity index (χ1) is 5.38. The molecule has 1 aromatic rings. The standard InChI is InChI=1S/C8H13NOS/c1-3-4-7(10-2)8-9-5-6-11-8/h5-7H,3-4H2,1-2H3. The summed E-state index contributed by atoms with van der Waals surface area (Å²) in [6, 6.07) is 0. The van der Waals surface area contributed by atoms with E-state index in [1.807, 2.05) is 11.6 Å². The number of ether oxygens (including phenoxy) is 1. The van der Waals surface area contributed by atoms with Crippen LogP contribution < -0.4 is 0 Å². The fraction of sp³-hybridized carbons (Fsp3) is 0.625. The molecule has 0 bridgehead atoms. The van der Waals surface area contributed by atoms with Gasteiger partial charge < -0.3 is 4.74 Å². The van der Waals surface area contributed by atoms with Gasteiger partial charge in [0.05, 0.1) is 0 Å². The highest BCUT2D eigenvalue weighted by atomic mass is 32.1. The summed E-state index contributed by atoms with van der Waals surface area (Å²) >= 11 is 1.66. The summed E-state index contributed by atoms with van der Waals surface area (Å²) in [5, 5.41) is 3.08. The molecule has 1 unspecified atom stereocenters. The van der Waals surface area contributed by atoms with Crippen molar-refractivity contribution < 1.29 is 4.74 Å². The second-order valence-electron chi connectivity index (χ2n) is 2.38. The van der Waals surface area contributed by atoms with E-state index in [-0.39, 0.29) is 6.10 Å². The molecule has 1 atom stereocenters. The first-order valence-corrected chi connectivity index (χ1v) is 4.68. The topological polar surface area (TPSA) is 22.1 Å². The number of nitrogens with zero attached hydrogens (tertiary/aromatic N) is 1. The molecule has 0 amide bonds. The van der Waals surface area contributed by atoms with Crippen molar-refractivity contribution in [2.45, 2.75) is 25.9 Å². The predicted octanol–water partition coefficient (Wildman–Crippen LogP) is 2.63. The summed E-state index contributed by atoms with van der Waals surface area (Å²) < 4.78 is 5.28. The van der Waals surface area contributed by atoms with Gasteiger partial charge in [-0.3, -0.25) is 0 Å². The van der Waals surface area contributed by atoms with Crippen LogP contribution in [0.3, 0.4) is 0 Å². The van der Waals surface area contributed by atoms with Gasteiger partial charge in [-0.2, -0.15) is 0 Å². The van der Waals surface area contributed by atoms with Crippen LogP contribution in [0, 0.1) is 0 Å². The Morgan fingerprint density at radius 1 is 1.73 bits per heavy atom. The number of hydrogen-bond acceptors (Lipinski definition) is 3. The van der Waals surface area contributed by atoms with Crippen LogP contribution in [0.5, 0.6) is 0 Å². The van der Waals surface area contributed by atoms with Crippen LogP contribution in [0.15, 0.2) is 11.6 Å². The molecule has 1 heterocycles. The molecule has 0 saturated carbocycles. The van der Waals surface area contributed by atoms with Gasteiger partial charge in [0, 0.05) is 18.7 Å². The third-order valence-electron chi connectivity index (χ3n) is 1.56. The molecule has 0 spiro atoms. The SMILES string of the molecule is CCCC(OC)c1nccs1. The molecule has 0 fully saturated rings. The van der Waals surface area contributed by atoms with E-state index in [2.05, 4.69) is 11.9 Å². The summed E-state index contributed by atoms with van der Waals surface area (Å²) in [6.45, 7) is 2.15. The van der Waals surface area contributed by atoms with Crippen LogP contribution >= 0.6 is 11.3 Å². The Morgan fingerprint density at radius 2 is 2.55 bits per heavy atom. The molecule has 0 radical (unpaired) electrons. The molecule has 0 aliphatic rings. The van der Waals surface area contributed by atoms with E-state index >= 15 is 0 Å². The van der Waals surface area contributed by atoms with Gasteiger partial charge in [-0.25, -0.2) is 4.98 Å². The second kappa shape index (κ2) is 4.46. The molecule has 3 heteroatoms. The van der Waals surface area contributed by atoms with Gasteiger partial charge in [0.15, 0.2) is 0 Å². The molecule has 1 aromatic heterocycles. The third-order valence-corrected chi connectivity index (χ3v) is 2.43. The van der Waals surface area contributed by atoms with Crippen molar-refractivity contribution in [3.63, 3.8) is 0 Å². The molecule has 0 saturated heterocycles. The fourth-order valence-corrected chi connectivity index (χ4v) is 1.75. The zero-order valence-corrected chi connectivity index (χ0v) is 7.73. The molecule has 0 aliphatic carbocycles. The number of methoxy groups -OCH3 is 1. The third kappa shape index (κ3) is 2.27. The van der Waals surface area contributed by atoms with Gasteiger partial charge in [0.2, 0.25) is 0 Å². The van der Waals surface area contributed by atoms with Crippen LogP contribution in [0.25, 0.3) is 0 Å². The van der Waals surface area contributed by atoms with Crippen LogP contribution in [0.2, 0.25) is 0 Å². The van der Waals surface area contributed by atoms with E-state index in [1.165, 1.54) is 0 Å². The lowest BCUT2D eigenvalue weighted by Gasteiger charge is -2.09. The number of rotatable bonds is 4. The lowest BCUT2D eigenvalue weighted by molar-refractivity contribution is 0.0947. The Hall–Kier alpha value is -0.410. The molecule has 11 heavy (non-hydrogen) atoms. The van der Waals surface area contributed by atoms with E-state index < -0.39 is 0 Å². The molecular formula is C8H13NOS. The molecule has 2 nitrogen and oxygen atoms in total. The maximum absolute atomic E-state index is 5.28. The first kappa shape index (κ1) is 8.68. The van der Waals surface area contributed by atoms with Gasteiger partial charge >= 0.3 is 0 Å². The summed E-state index contributed by atoms with van der Waals surface area (Å²) in [5.74, 6) is 0. The summed E-state index contributed by atoms with van der Waals surface area (Å²) in [7, 11) is 1.74. The average Bonchev–Trinajstić information content (AvgIpc) is 2.52. The Balaban J connectivity index is 2.56. The summed E-state index contributed by atoms with van der Waals surface area (Å²) in [6.07, 6.45) is 4.23. The van der Waals surface area contributed by atoms with Gasteiger partial charge in [-0.15, -0.1) is 11.3 Å². The second-order valence-corrected chi connectivity index (χ2v) is 3.31. The quantitative estimate of drug-likeness (QED) is 0.694. The first-order valence-electron chi connectivity index (χ1n) is 3.80. The number of hydrogen-bond donors (Lipinski definition) is 0. The van der Waals surface area contributed by atoms with Gasteiger partial charge in [0.1, 0.15) is 11.1 Å².